The Morgan fingerprint density at radius 3 is 2.87 bits per heavy atom. The summed E-state index contributed by atoms with van der Waals surface area (Å²) in [6, 6.07) is 13.1. The fourth-order valence-electron chi connectivity index (χ4n) is 3.98. The zero-order valence-corrected chi connectivity index (χ0v) is 17.7. The summed E-state index contributed by atoms with van der Waals surface area (Å²) in [5.41, 5.74) is 4.45. The van der Waals surface area contributed by atoms with Crippen LogP contribution in [-0.2, 0) is 24.2 Å². The number of aliphatic imine (C=N–C) groups is 1. The molecule has 0 bridgehead atoms. The SMILES string of the molecule is CCNC(=NCC(=O)N1CCc2ccccc2C1)NCCc1c[nH]c2cc(F)ccc12. The number of guanidine groups is 1. The van der Waals surface area contributed by atoms with Crippen molar-refractivity contribution in [2.45, 2.75) is 26.3 Å². The van der Waals surface area contributed by atoms with Crippen molar-refractivity contribution in [3.8, 4) is 0 Å². The van der Waals surface area contributed by atoms with E-state index in [0.29, 0.717) is 25.6 Å². The Labute approximate surface area is 181 Å². The van der Waals surface area contributed by atoms with Gasteiger partial charge >= 0.3 is 0 Å². The molecule has 1 aliphatic rings. The Bertz CT molecular complexity index is 1090. The standard InChI is InChI=1S/C24H28FN5O/c1-2-26-24(27-11-9-18-14-28-22-13-20(25)7-8-21(18)22)29-15-23(31)30-12-10-17-5-3-4-6-19(17)16-30/h3-8,13-14,28H,2,9-12,15-16H2,1H3,(H2,26,27,29). The summed E-state index contributed by atoms with van der Waals surface area (Å²) in [6.07, 6.45) is 3.55. The summed E-state index contributed by atoms with van der Waals surface area (Å²) in [4.78, 5) is 22.2. The summed E-state index contributed by atoms with van der Waals surface area (Å²) in [7, 11) is 0. The van der Waals surface area contributed by atoms with E-state index in [-0.39, 0.29) is 18.3 Å². The van der Waals surface area contributed by atoms with E-state index in [9.17, 15) is 9.18 Å². The number of H-pyrrole nitrogens is 1. The Kier molecular flexibility index (Phi) is 6.50. The van der Waals surface area contributed by atoms with Crippen molar-refractivity contribution in [3.05, 3.63) is 71.2 Å². The van der Waals surface area contributed by atoms with Crippen LogP contribution in [0.2, 0.25) is 0 Å². The lowest BCUT2D eigenvalue weighted by molar-refractivity contribution is -0.130. The molecule has 0 spiro atoms. The third-order valence-electron chi connectivity index (χ3n) is 5.62. The van der Waals surface area contributed by atoms with Gasteiger partial charge in [0.1, 0.15) is 12.4 Å². The third-order valence-corrected chi connectivity index (χ3v) is 5.62. The van der Waals surface area contributed by atoms with Gasteiger partial charge in [-0.15, -0.1) is 0 Å². The van der Waals surface area contributed by atoms with Crippen LogP contribution in [0.25, 0.3) is 10.9 Å². The maximum atomic E-state index is 13.4. The highest BCUT2D eigenvalue weighted by Crippen LogP contribution is 2.20. The molecule has 0 saturated heterocycles. The molecule has 0 aliphatic carbocycles. The number of aromatic amines is 1. The highest BCUT2D eigenvalue weighted by atomic mass is 19.1. The third kappa shape index (κ3) is 5.05. The molecule has 2 aromatic carbocycles. The number of hydrogen-bond acceptors (Lipinski definition) is 2. The van der Waals surface area contributed by atoms with Crippen LogP contribution in [0.15, 0.2) is 53.7 Å². The van der Waals surface area contributed by atoms with Crippen molar-refractivity contribution >= 4 is 22.8 Å². The predicted molar refractivity (Wildman–Crippen MR) is 122 cm³/mol. The van der Waals surface area contributed by atoms with E-state index in [4.69, 9.17) is 0 Å². The smallest absolute Gasteiger partial charge is 0.244 e. The van der Waals surface area contributed by atoms with Gasteiger partial charge < -0.3 is 20.5 Å². The topological polar surface area (TPSA) is 72.5 Å². The summed E-state index contributed by atoms with van der Waals surface area (Å²) in [5.74, 6) is 0.409. The first kappa shape index (κ1) is 20.9. The van der Waals surface area contributed by atoms with Gasteiger partial charge in [0.05, 0.1) is 0 Å². The van der Waals surface area contributed by atoms with E-state index in [1.807, 2.05) is 30.2 Å². The van der Waals surface area contributed by atoms with Gasteiger partial charge in [-0.3, -0.25) is 4.79 Å². The molecule has 3 N–H and O–H groups in total. The molecule has 0 atom stereocenters. The quantitative estimate of drug-likeness (QED) is 0.423. The van der Waals surface area contributed by atoms with Gasteiger partial charge in [-0.05, 0) is 54.7 Å². The first-order valence-electron chi connectivity index (χ1n) is 10.8. The summed E-state index contributed by atoms with van der Waals surface area (Å²) < 4.78 is 13.4. The van der Waals surface area contributed by atoms with Crippen molar-refractivity contribution in [2.75, 3.05) is 26.2 Å². The zero-order chi connectivity index (χ0) is 21.6. The van der Waals surface area contributed by atoms with E-state index < -0.39 is 0 Å². The zero-order valence-electron chi connectivity index (χ0n) is 17.7. The summed E-state index contributed by atoms with van der Waals surface area (Å²) in [6.45, 7) is 4.86. The van der Waals surface area contributed by atoms with Crippen molar-refractivity contribution in [1.29, 1.82) is 0 Å². The van der Waals surface area contributed by atoms with Crippen LogP contribution in [0.3, 0.4) is 0 Å². The second-order valence-electron chi connectivity index (χ2n) is 7.71. The van der Waals surface area contributed by atoms with Gasteiger partial charge in [0.2, 0.25) is 5.91 Å². The largest absolute Gasteiger partial charge is 0.361 e. The molecule has 4 rings (SSSR count). The van der Waals surface area contributed by atoms with Gasteiger partial charge in [-0.1, -0.05) is 24.3 Å². The minimum absolute atomic E-state index is 0.0327. The highest BCUT2D eigenvalue weighted by molar-refractivity contribution is 5.85. The molecule has 6 nitrogen and oxygen atoms in total. The van der Waals surface area contributed by atoms with Gasteiger partial charge in [0.25, 0.3) is 0 Å². The van der Waals surface area contributed by atoms with Crippen LogP contribution in [0.5, 0.6) is 0 Å². The average molecular weight is 422 g/mol. The van der Waals surface area contributed by atoms with Crippen LogP contribution in [0, 0.1) is 5.82 Å². The van der Waals surface area contributed by atoms with Crippen LogP contribution < -0.4 is 10.6 Å². The van der Waals surface area contributed by atoms with Crippen molar-refractivity contribution in [2.24, 2.45) is 4.99 Å². The van der Waals surface area contributed by atoms with Crippen LogP contribution >= 0.6 is 0 Å². The highest BCUT2D eigenvalue weighted by Gasteiger charge is 2.20. The number of carbonyl (C=O) groups is 1. The number of halogens is 1. The van der Waals surface area contributed by atoms with E-state index >= 15 is 0 Å². The lowest BCUT2D eigenvalue weighted by Gasteiger charge is -2.28. The lowest BCUT2D eigenvalue weighted by atomic mass is 10.00. The second kappa shape index (κ2) is 9.64. The molecule has 31 heavy (non-hydrogen) atoms. The van der Waals surface area contributed by atoms with Gasteiger partial charge in [-0.2, -0.15) is 0 Å². The Morgan fingerprint density at radius 1 is 1.19 bits per heavy atom. The molecular weight excluding hydrogens is 393 g/mol. The molecule has 0 unspecified atom stereocenters. The van der Waals surface area contributed by atoms with Crippen LogP contribution in [-0.4, -0.2) is 47.9 Å². The average Bonchev–Trinajstić information content (AvgIpc) is 3.18. The number of hydrogen-bond donors (Lipinski definition) is 3. The van der Waals surface area contributed by atoms with Crippen molar-refractivity contribution < 1.29 is 9.18 Å². The molecule has 0 saturated carbocycles. The number of nitrogens with one attached hydrogen (secondary N) is 3. The number of aromatic nitrogens is 1. The summed E-state index contributed by atoms with van der Waals surface area (Å²) in [5, 5.41) is 7.50. The van der Waals surface area contributed by atoms with Gasteiger partial charge in [0.15, 0.2) is 5.96 Å². The maximum absolute atomic E-state index is 13.4. The second-order valence-corrected chi connectivity index (χ2v) is 7.71. The molecule has 162 valence electrons. The molecule has 7 heteroatoms. The minimum atomic E-state index is -0.248. The molecule has 1 aromatic heterocycles. The van der Waals surface area contributed by atoms with Crippen LogP contribution in [0.4, 0.5) is 4.39 Å². The normalized spacial score (nSPS) is 13.9. The van der Waals surface area contributed by atoms with E-state index in [1.54, 1.807) is 6.07 Å². The number of carbonyl (C=O) groups excluding carboxylic acids is 1. The molecule has 3 aromatic rings. The monoisotopic (exact) mass is 421 g/mol. The molecule has 0 fully saturated rings. The fraction of sp³-hybridized carbons (Fsp3) is 0.333. The number of rotatable bonds is 6. The summed E-state index contributed by atoms with van der Waals surface area (Å²) >= 11 is 0. The van der Waals surface area contributed by atoms with E-state index in [2.05, 4.69) is 32.7 Å². The number of nitrogens with zero attached hydrogens (tertiary/aromatic N) is 2. The maximum Gasteiger partial charge on any atom is 0.244 e. The number of amides is 1. The van der Waals surface area contributed by atoms with Crippen molar-refractivity contribution in [3.63, 3.8) is 0 Å². The first-order chi connectivity index (χ1) is 15.1. The molecular formula is C24H28FN5O. The Balaban J connectivity index is 1.32. The first-order valence-corrected chi connectivity index (χ1v) is 10.8. The fourth-order valence-corrected chi connectivity index (χ4v) is 3.98. The lowest BCUT2D eigenvalue weighted by Crippen LogP contribution is -2.41. The number of benzene rings is 2. The Morgan fingerprint density at radius 2 is 2.03 bits per heavy atom. The molecule has 0 radical (unpaired) electrons. The van der Waals surface area contributed by atoms with E-state index in [0.717, 1.165) is 35.9 Å². The van der Waals surface area contributed by atoms with Gasteiger partial charge in [-0.25, -0.2) is 9.38 Å². The van der Waals surface area contributed by atoms with Crippen LogP contribution in [0.1, 0.15) is 23.6 Å². The Hall–Kier alpha value is -3.35. The minimum Gasteiger partial charge on any atom is -0.361 e. The van der Waals surface area contributed by atoms with E-state index in [1.165, 1.54) is 23.3 Å². The molecule has 1 aliphatic heterocycles. The van der Waals surface area contributed by atoms with Crippen molar-refractivity contribution in [1.82, 2.24) is 20.5 Å². The predicted octanol–water partition coefficient (Wildman–Crippen LogP) is 2.99. The number of fused-ring (bicyclic) bond motifs is 2. The van der Waals surface area contributed by atoms with Gasteiger partial charge in [0, 0.05) is 43.3 Å². The molecule has 1 amide bonds. The molecule has 2 heterocycles.